The molecule has 1 aromatic carbocycles. The number of nitrogens with zero attached hydrogens (tertiary/aromatic N) is 1. The first-order chi connectivity index (χ1) is 6.54. The summed E-state index contributed by atoms with van der Waals surface area (Å²) in [6.07, 6.45) is 1.25. The van der Waals surface area contributed by atoms with Crippen molar-refractivity contribution in [2.75, 3.05) is 0 Å². The topological polar surface area (TPSA) is 44.6 Å². The molecular formula is C11H16N2O. The molecule has 0 spiro atoms. The Morgan fingerprint density at radius 1 is 1.36 bits per heavy atom. The number of rotatable bonds is 2. The van der Waals surface area contributed by atoms with Gasteiger partial charge in [-0.25, -0.2) is 4.99 Å². The molecule has 0 aromatic heterocycles. The van der Waals surface area contributed by atoms with Crippen LogP contribution in [0.5, 0.6) is 0 Å². The molecule has 1 aromatic rings. The lowest BCUT2D eigenvalue weighted by molar-refractivity contribution is 0.240. The molecule has 0 fully saturated rings. The highest BCUT2D eigenvalue weighted by molar-refractivity contribution is 5.60. The highest BCUT2D eigenvalue weighted by Gasteiger charge is 2.12. The molecule has 2 N–H and O–H groups in total. The Hall–Kier alpha value is -1.35. The van der Waals surface area contributed by atoms with Crippen LogP contribution in [0.25, 0.3) is 0 Å². The van der Waals surface area contributed by atoms with E-state index in [-0.39, 0.29) is 5.41 Å². The predicted octanol–water partition coefficient (Wildman–Crippen LogP) is 2.62. The van der Waals surface area contributed by atoms with Crippen LogP contribution in [0.3, 0.4) is 0 Å². The third kappa shape index (κ3) is 2.85. The summed E-state index contributed by atoms with van der Waals surface area (Å²) in [6.45, 7) is 6.46. The Balaban J connectivity index is 2.96. The van der Waals surface area contributed by atoms with Crippen LogP contribution in [0.1, 0.15) is 26.3 Å². The zero-order valence-corrected chi connectivity index (χ0v) is 8.78. The summed E-state index contributed by atoms with van der Waals surface area (Å²) < 4.78 is 0. The first kappa shape index (κ1) is 10.7. The Morgan fingerprint density at radius 2 is 2.07 bits per heavy atom. The molecule has 1 rings (SSSR count). The minimum Gasteiger partial charge on any atom is -0.290 e. The monoisotopic (exact) mass is 192 g/mol. The van der Waals surface area contributed by atoms with Crippen molar-refractivity contribution in [3.05, 3.63) is 29.8 Å². The summed E-state index contributed by atoms with van der Waals surface area (Å²) in [7, 11) is 0. The molecule has 14 heavy (non-hydrogen) atoms. The van der Waals surface area contributed by atoms with Crippen molar-refractivity contribution in [1.82, 2.24) is 5.48 Å². The highest BCUT2D eigenvalue weighted by atomic mass is 16.5. The van der Waals surface area contributed by atoms with Crippen LogP contribution < -0.4 is 5.48 Å². The maximum atomic E-state index is 8.36. The number of nitrogens with one attached hydrogen (secondary N) is 1. The van der Waals surface area contributed by atoms with E-state index >= 15 is 0 Å². The molecule has 3 nitrogen and oxygen atoms in total. The number of aliphatic imine (C=N–C) groups is 1. The summed E-state index contributed by atoms with van der Waals surface area (Å²) in [5, 5.41) is 8.36. The second-order valence-corrected chi connectivity index (χ2v) is 4.19. The van der Waals surface area contributed by atoms with E-state index in [1.54, 1.807) is 0 Å². The molecule has 0 radical (unpaired) electrons. The normalized spacial score (nSPS) is 12.0. The minimum absolute atomic E-state index is 0.123. The summed E-state index contributed by atoms with van der Waals surface area (Å²) in [6, 6.07) is 7.94. The summed E-state index contributed by atoms with van der Waals surface area (Å²) >= 11 is 0. The van der Waals surface area contributed by atoms with E-state index < -0.39 is 0 Å². The van der Waals surface area contributed by atoms with Crippen molar-refractivity contribution in [3.8, 4) is 0 Å². The second-order valence-electron chi connectivity index (χ2n) is 4.19. The summed E-state index contributed by atoms with van der Waals surface area (Å²) in [5.41, 5.74) is 4.07. The van der Waals surface area contributed by atoms with E-state index in [1.165, 1.54) is 11.9 Å². The second kappa shape index (κ2) is 4.24. The zero-order chi connectivity index (χ0) is 10.6. The molecule has 0 aliphatic carbocycles. The van der Waals surface area contributed by atoms with Gasteiger partial charge in [0.25, 0.3) is 0 Å². The molecule has 0 unspecified atom stereocenters. The fraction of sp³-hybridized carbons (Fsp3) is 0.364. The van der Waals surface area contributed by atoms with E-state index in [4.69, 9.17) is 5.21 Å². The standard InChI is InChI=1S/C11H16N2O/c1-11(2,3)9-5-4-6-10(7-9)12-8-13-14/h4-8,14H,1-3H3,(H,12,13). The first-order valence-electron chi connectivity index (χ1n) is 4.57. The van der Waals surface area contributed by atoms with Crippen LogP contribution in [0, 0.1) is 0 Å². The zero-order valence-electron chi connectivity index (χ0n) is 8.78. The molecule has 0 atom stereocenters. The lowest BCUT2D eigenvalue weighted by Crippen LogP contribution is -2.10. The van der Waals surface area contributed by atoms with Gasteiger partial charge >= 0.3 is 0 Å². The molecule has 0 amide bonds. The van der Waals surface area contributed by atoms with Gasteiger partial charge in [-0.2, -0.15) is 0 Å². The summed E-state index contributed by atoms with van der Waals surface area (Å²) in [4.78, 5) is 4.01. The van der Waals surface area contributed by atoms with Crippen molar-refractivity contribution in [1.29, 1.82) is 0 Å². The van der Waals surface area contributed by atoms with Gasteiger partial charge in [-0.05, 0) is 23.1 Å². The van der Waals surface area contributed by atoms with Gasteiger partial charge in [0.2, 0.25) is 0 Å². The van der Waals surface area contributed by atoms with Gasteiger partial charge in [-0.15, -0.1) is 0 Å². The number of hydroxylamine groups is 1. The Kier molecular flexibility index (Phi) is 3.25. The van der Waals surface area contributed by atoms with Gasteiger partial charge in [-0.1, -0.05) is 32.9 Å². The van der Waals surface area contributed by atoms with Gasteiger partial charge < -0.3 is 0 Å². The fourth-order valence-corrected chi connectivity index (χ4v) is 1.16. The lowest BCUT2D eigenvalue weighted by Gasteiger charge is -2.18. The predicted molar refractivity (Wildman–Crippen MR) is 58.2 cm³/mol. The van der Waals surface area contributed by atoms with Crippen molar-refractivity contribution >= 4 is 12.0 Å². The van der Waals surface area contributed by atoms with Crippen LogP contribution in [-0.2, 0) is 5.41 Å². The summed E-state index contributed by atoms with van der Waals surface area (Å²) in [5.74, 6) is 0. The van der Waals surface area contributed by atoms with Gasteiger partial charge in [0, 0.05) is 0 Å². The van der Waals surface area contributed by atoms with E-state index in [1.807, 2.05) is 23.7 Å². The van der Waals surface area contributed by atoms with E-state index in [9.17, 15) is 0 Å². The van der Waals surface area contributed by atoms with E-state index in [0.29, 0.717) is 0 Å². The average molecular weight is 192 g/mol. The van der Waals surface area contributed by atoms with E-state index in [2.05, 4.69) is 31.8 Å². The Labute approximate surface area is 84.4 Å². The largest absolute Gasteiger partial charge is 0.290 e. The van der Waals surface area contributed by atoms with Crippen molar-refractivity contribution in [3.63, 3.8) is 0 Å². The van der Waals surface area contributed by atoms with Crippen molar-refractivity contribution in [2.24, 2.45) is 4.99 Å². The Morgan fingerprint density at radius 3 is 2.64 bits per heavy atom. The van der Waals surface area contributed by atoms with Crippen LogP contribution in [-0.4, -0.2) is 11.5 Å². The third-order valence-corrected chi connectivity index (χ3v) is 1.98. The number of hydrogen-bond acceptors (Lipinski definition) is 2. The minimum atomic E-state index is 0.123. The lowest BCUT2D eigenvalue weighted by atomic mass is 9.87. The van der Waals surface area contributed by atoms with Crippen LogP contribution in [0.2, 0.25) is 0 Å². The molecule has 3 heteroatoms. The van der Waals surface area contributed by atoms with Crippen molar-refractivity contribution in [2.45, 2.75) is 26.2 Å². The SMILES string of the molecule is CC(C)(C)c1cccc(N=CNO)c1. The quantitative estimate of drug-likeness (QED) is 0.430. The average Bonchev–Trinajstić information content (AvgIpc) is 2.14. The number of hydrogen-bond donors (Lipinski definition) is 2. The van der Waals surface area contributed by atoms with Crippen LogP contribution in [0.4, 0.5) is 5.69 Å². The number of benzene rings is 1. The van der Waals surface area contributed by atoms with E-state index in [0.717, 1.165) is 5.69 Å². The van der Waals surface area contributed by atoms with Gasteiger partial charge in [0.15, 0.2) is 0 Å². The first-order valence-corrected chi connectivity index (χ1v) is 4.57. The van der Waals surface area contributed by atoms with Crippen LogP contribution in [0.15, 0.2) is 29.3 Å². The molecule has 0 aliphatic heterocycles. The van der Waals surface area contributed by atoms with Gasteiger partial charge in [-0.3, -0.25) is 10.7 Å². The molecule has 0 heterocycles. The molecule has 0 aliphatic rings. The molecule has 0 saturated heterocycles. The smallest absolute Gasteiger partial charge is 0.113 e. The maximum Gasteiger partial charge on any atom is 0.113 e. The van der Waals surface area contributed by atoms with Gasteiger partial charge in [0.1, 0.15) is 6.34 Å². The molecule has 0 bridgehead atoms. The third-order valence-electron chi connectivity index (χ3n) is 1.98. The fourth-order valence-electron chi connectivity index (χ4n) is 1.16. The molecular weight excluding hydrogens is 176 g/mol. The maximum absolute atomic E-state index is 8.36. The van der Waals surface area contributed by atoms with Crippen LogP contribution >= 0.6 is 0 Å². The Bertz CT molecular complexity index is 326. The molecule has 0 saturated carbocycles. The van der Waals surface area contributed by atoms with Gasteiger partial charge in [0.05, 0.1) is 5.69 Å². The highest BCUT2D eigenvalue weighted by Crippen LogP contribution is 2.25. The molecule has 76 valence electrons. The van der Waals surface area contributed by atoms with Crippen molar-refractivity contribution < 1.29 is 5.21 Å².